The molecule has 4 rings (SSSR count). The molecule has 6 nitrogen and oxygen atoms in total. The smallest absolute Gasteiger partial charge is 0.224 e. The van der Waals surface area contributed by atoms with E-state index in [9.17, 15) is 9.59 Å². The summed E-state index contributed by atoms with van der Waals surface area (Å²) >= 11 is 0. The van der Waals surface area contributed by atoms with Gasteiger partial charge >= 0.3 is 0 Å². The number of likely N-dealkylation sites (tertiary alicyclic amines) is 1. The van der Waals surface area contributed by atoms with Gasteiger partial charge in [-0.15, -0.1) is 0 Å². The van der Waals surface area contributed by atoms with Gasteiger partial charge in [-0.1, -0.05) is 24.3 Å². The van der Waals surface area contributed by atoms with E-state index in [0.717, 1.165) is 29.7 Å². The van der Waals surface area contributed by atoms with Crippen LogP contribution in [-0.4, -0.2) is 45.3 Å². The number of hydrogen-bond acceptors (Lipinski definition) is 4. The monoisotopic (exact) mass is 433 g/mol. The quantitative estimate of drug-likeness (QED) is 0.509. The van der Waals surface area contributed by atoms with Crippen molar-refractivity contribution in [2.75, 3.05) is 13.1 Å². The molecule has 1 fully saturated rings. The Morgan fingerprint density at radius 3 is 2.78 bits per heavy atom. The fourth-order valence-electron chi connectivity index (χ4n) is 4.49. The number of aromatic nitrogens is 2. The molecule has 0 saturated carbocycles. The molecule has 0 radical (unpaired) electrons. The van der Waals surface area contributed by atoms with Crippen LogP contribution in [-0.2, 0) is 11.3 Å². The van der Waals surface area contributed by atoms with E-state index in [4.69, 9.17) is 4.74 Å². The van der Waals surface area contributed by atoms with E-state index >= 15 is 0 Å². The maximum atomic E-state index is 13.1. The number of para-hydroxylation sites is 2. The van der Waals surface area contributed by atoms with Gasteiger partial charge in [0.05, 0.1) is 17.1 Å². The van der Waals surface area contributed by atoms with Gasteiger partial charge < -0.3 is 14.2 Å². The molecule has 1 atom stereocenters. The number of nitrogens with zero attached hydrogens (tertiary/aromatic N) is 3. The molecule has 0 bridgehead atoms. The van der Waals surface area contributed by atoms with E-state index in [1.807, 2.05) is 74.2 Å². The largest absolute Gasteiger partial charge is 0.491 e. The van der Waals surface area contributed by atoms with Crippen molar-refractivity contribution in [2.24, 2.45) is 5.92 Å². The highest BCUT2D eigenvalue weighted by molar-refractivity contribution is 5.98. The molecule has 32 heavy (non-hydrogen) atoms. The number of carbonyl (C=O) groups excluding carboxylic acids is 2. The zero-order valence-electron chi connectivity index (χ0n) is 19.1. The number of Topliss-reactive ketones (excluding diaryl/α,β-unsaturated/α-hetero) is 1. The maximum absolute atomic E-state index is 13.1. The fourth-order valence-corrected chi connectivity index (χ4v) is 4.49. The van der Waals surface area contributed by atoms with Crippen LogP contribution < -0.4 is 4.74 Å². The molecular weight excluding hydrogens is 402 g/mol. The van der Waals surface area contributed by atoms with Crippen LogP contribution in [0.4, 0.5) is 0 Å². The summed E-state index contributed by atoms with van der Waals surface area (Å²) < 4.78 is 7.83. The van der Waals surface area contributed by atoms with Crippen molar-refractivity contribution in [1.82, 2.24) is 14.5 Å². The molecule has 1 aliphatic rings. The number of rotatable bonds is 7. The van der Waals surface area contributed by atoms with Gasteiger partial charge in [0.1, 0.15) is 11.6 Å². The lowest BCUT2D eigenvalue weighted by Crippen LogP contribution is -2.42. The number of ketones is 1. The molecule has 168 valence electrons. The normalized spacial score (nSPS) is 16.5. The van der Waals surface area contributed by atoms with Gasteiger partial charge in [0, 0.05) is 37.5 Å². The summed E-state index contributed by atoms with van der Waals surface area (Å²) in [5, 5.41) is 0. The Morgan fingerprint density at radius 2 is 1.97 bits per heavy atom. The number of hydrogen-bond donors (Lipinski definition) is 0. The van der Waals surface area contributed by atoms with Gasteiger partial charge in [0.25, 0.3) is 0 Å². The number of benzene rings is 2. The van der Waals surface area contributed by atoms with Crippen molar-refractivity contribution in [3.8, 4) is 5.75 Å². The summed E-state index contributed by atoms with van der Waals surface area (Å²) in [6, 6.07) is 15.4. The molecule has 2 aromatic carbocycles. The summed E-state index contributed by atoms with van der Waals surface area (Å²) in [7, 11) is 0. The standard InChI is InChI=1S/C26H31N3O3/c1-18(2)32-22-10-6-8-20(16-22)26(31)21-9-7-14-28(17-21)25(30)13-15-29-19(3)27-23-11-4-5-12-24(23)29/h4-6,8,10-12,16,18,21H,7,9,13-15,17H2,1-3H3. The molecule has 1 unspecified atom stereocenters. The van der Waals surface area contributed by atoms with Crippen molar-refractivity contribution >= 4 is 22.7 Å². The molecule has 0 spiro atoms. The Hall–Kier alpha value is -3.15. The van der Waals surface area contributed by atoms with Crippen LogP contribution in [0, 0.1) is 12.8 Å². The predicted octanol–water partition coefficient (Wildman–Crippen LogP) is 4.64. The number of imidazole rings is 1. The first-order valence-electron chi connectivity index (χ1n) is 11.4. The summed E-state index contributed by atoms with van der Waals surface area (Å²) in [6.07, 6.45) is 2.11. The molecule has 1 aliphatic heterocycles. The van der Waals surface area contributed by atoms with Crippen molar-refractivity contribution in [3.63, 3.8) is 0 Å². The third kappa shape index (κ3) is 4.85. The minimum Gasteiger partial charge on any atom is -0.491 e. The van der Waals surface area contributed by atoms with Crippen molar-refractivity contribution in [2.45, 2.75) is 52.7 Å². The number of aryl methyl sites for hydroxylation is 2. The molecule has 3 aromatic rings. The van der Waals surface area contributed by atoms with Crippen LogP contribution in [0.2, 0.25) is 0 Å². The molecule has 1 saturated heterocycles. The highest BCUT2D eigenvalue weighted by atomic mass is 16.5. The van der Waals surface area contributed by atoms with Crippen molar-refractivity contribution in [3.05, 3.63) is 59.9 Å². The van der Waals surface area contributed by atoms with E-state index in [0.29, 0.717) is 37.4 Å². The van der Waals surface area contributed by atoms with Crippen LogP contribution in [0.5, 0.6) is 5.75 Å². The Bertz CT molecular complexity index is 1120. The minimum atomic E-state index is -0.169. The van der Waals surface area contributed by atoms with Crippen LogP contribution >= 0.6 is 0 Å². The number of piperidine rings is 1. The van der Waals surface area contributed by atoms with E-state index in [2.05, 4.69) is 9.55 Å². The zero-order chi connectivity index (χ0) is 22.7. The van der Waals surface area contributed by atoms with E-state index in [1.54, 1.807) is 0 Å². The molecule has 0 N–H and O–H groups in total. The first-order valence-corrected chi connectivity index (χ1v) is 11.4. The van der Waals surface area contributed by atoms with Crippen LogP contribution in [0.15, 0.2) is 48.5 Å². The Kier molecular flexibility index (Phi) is 6.58. The Labute approximate surface area is 189 Å². The lowest BCUT2D eigenvalue weighted by molar-refractivity contribution is -0.132. The zero-order valence-corrected chi connectivity index (χ0v) is 19.1. The number of carbonyl (C=O) groups is 2. The molecule has 2 heterocycles. The SMILES string of the molecule is Cc1nc2ccccc2n1CCC(=O)N1CCCC(C(=O)c2cccc(OC(C)C)c2)C1. The van der Waals surface area contributed by atoms with Crippen LogP contribution in [0.1, 0.15) is 49.3 Å². The molecule has 1 aromatic heterocycles. The second-order valence-corrected chi connectivity index (χ2v) is 8.79. The average molecular weight is 434 g/mol. The fraction of sp³-hybridized carbons (Fsp3) is 0.423. The summed E-state index contributed by atoms with van der Waals surface area (Å²) in [5.74, 6) is 1.63. The first kappa shape index (κ1) is 22.1. The average Bonchev–Trinajstić information content (AvgIpc) is 3.11. The molecule has 6 heteroatoms. The number of amides is 1. The summed E-state index contributed by atoms with van der Waals surface area (Å²) in [6.45, 7) is 7.69. The van der Waals surface area contributed by atoms with Gasteiger partial charge in [0.2, 0.25) is 5.91 Å². The predicted molar refractivity (Wildman–Crippen MR) is 125 cm³/mol. The maximum Gasteiger partial charge on any atom is 0.224 e. The molecular formula is C26H31N3O3. The third-order valence-electron chi connectivity index (χ3n) is 6.03. The Balaban J connectivity index is 1.39. The van der Waals surface area contributed by atoms with Crippen molar-refractivity contribution < 1.29 is 14.3 Å². The minimum absolute atomic E-state index is 0.0550. The van der Waals surface area contributed by atoms with Crippen LogP contribution in [0.3, 0.4) is 0 Å². The number of ether oxygens (including phenoxy) is 1. The van der Waals surface area contributed by atoms with Gasteiger partial charge in [0.15, 0.2) is 5.78 Å². The van der Waals surface area contributed by atoms with Gasteiger partial charge in [-0.3, -0.25) is 9.59 Å². The van der Waals surface area contributed by atoms with E-state index < -0.39 is 0 Å². The molecule has 0 aliphatic carbocycles. The first-order chi connectivity index (χ1) is 15.4. The van der Waals surface area contributed by atoms with Crippen molar-refractivity contribution in [1.29, 1.82) is 0 Å². The summed E-state index contributed by atoms with van der Waals surface area (Å²) in [4.78, 5) is 32.6. The second-order valence-electron chi connectivity index (χ2n) is 8.79. The second kappa shape index (κ2) is 9.55. The van der Waals surface area contributed by atoms with Gasteiger partial charge in [-0.25, -0.2) is 4.98 Å². The van der Waals surface area contributed by atoms with Gasteiger partial charge in [-0.05, 0) is 57.9 Å². The topological polar surface area (TPSA) is 64.4 Å². The lowest BCUT2D eigenvalue weighted by Gasteiger charge is -2.32. The highest BCUT2D eigenvalue weighted by Crippen LogP contribution is 2.24. The number of fused-ring (bicyclic) bond motifs is 1. The summed E-state index contributed by atoms with van der Waals surface area (Å²) in [5.41, 5.74) is 2.65. The van der Waals surface area contributed by atoms with Crippen LogP contribution in [0.25, 0.3) is 11.0 Å². The highest BCUT2D eigenvalue weighted by Gasteiger charge is 2.29. The van der Waals surface area contributed by atoms with Gasteiger partial charge in [-0.2, -0.15) is 0 Å². The molecule has 1 amide bonds. The van der Waals surface area contributed by atoms with E-state index in [-0.39, 0.29) is 23.7 Å². The third-order valence-corrected chi connectivity index (χ3v) is 6.03. The van der Waals surface area contributed by atoms with E-state index in [1.165, 1.54) is 0 Å². The lowest BCUT2D eigenvalue weighted by atomic mass is 9.89. The Morgan fingerprint density at radius 1 is 1.16 bits per heavy atom.